The van der Waals surface area contributed by atoms with Crippen LogP contribution in [0.25, 0.3) is 10.9 Å². The first-order chi connectivity index (χ1) is 35.4. The quantitative estimate of drug-likeness (QED) is 0.0302. The van der Waals surface area contributed by atoms with E-state index in [0.717, 1.165) is 96.3 Å². The minimum absolute atomic E-state index is 0.00788. The van der Waals surface area contributed by atoms with Crippen LogP contribution >= 0.6 is 0 Å². The number of fused-ring (bicyclic) bond motifs is 2. The van der Waals surface area contributed by atoms with Crippen molar-refractivity contribution in [2.45, 2.75) is 102 Å². The Labute approximate surface area is 427 Å². The third-order valence-electron chi connectivity index (χ3n) is 14.0. The molecule has 3 aliphatic rings. The number of likely N-dealkylation sites (N-methyl/N-ethyl adjacent to an activating group) is 1. The van der Waals surface area contributed by atoms with Crippen molar-refractivity contribution in [1.29, 1.82) is 0 Å². The fourth-order valence-electron chi connectivity index (χ4n) is 9.61. The maximum absolute atomic E-state index is 15.4. The molecule has 73 heavy (non-hydrogen) atoms. The van der Waals surface area contributed by atoms with E-state index < -0.39 is 17.9 Å². The van der Waals surface area contributed by atoms with Crippen LogP contribution in [0, 0.1) is 23.6 Å². The summed E-state index contributed by atoms with van der Waals surface area (Å²) >= 11 is 0. The maximum atomic E-state index is 15.4. The van der Waals surface area contributed by atoms with Crippen molar-refractivity contribution in [2.75, 3.05) is 76.1 Å². The van der Waals surface area contributed by atoms with Crippen molar-refractivity contribution < 1.29 is 37.7 Å². The Morgan fingerprint density at radius 1 is 0.918 bits per heavy atom. The number of carbonyl (C=O) groups is 3. The van der Waals surface area contributed by atoms with E-state index in [1.165, 1.54) is 32.1 Å². The highest BCUT2D eigenvalue weighted by Gasteiger charge is 2.29. The molecule has 14 nitrogen and oxygen atoms in total. The number of rotatable bonds is 22. The highest BCUT2D eigenvalue weighted by Crippen LogP contribution is 2.36. The van der Waals surface area contributed by atoms with Gasteiger partial charge in [0, 0.05) is 75.1 Å². The van der Waals surface area contributed by atoms with E-state index in [2.05, 4.69) is 55.1 Å². The van der Waals surface area contributed by atoms with Gasteiger partial charge in [0.2, 0.25) is 11.8 Å². The molecule has 1 saturated heterocycles. The average molecular weight is 1000 g/mol. The van der Waals surface area contributed by atoms with Crippen LogP contribution in [0.15, 0.2) is 78.9 Å². The number of nitrogens with one attached hydrogen (secondary N) is 5. The standard InChI is InChI=1S/C57H70F2N8O6/c1-65-26-23-50(48(59)34-65)64-49-12-9-13-52-46(49)28-43(67(52)33-39-17-18-39)11-10-25-60-51-31-47(58)45(30-54(51)72-3)57(71)61-24-8-6-4-5-7-14-55(69)62-32-38-15-19-40(20-16-38)37-73-44-22-21-41-27-42(36-68)63-56(70)35-66(2)53(41)29-44/h9,12-13,15-16,19-22,28-31,39,42,48,50,60,64,68H,4-8,14,17-18,23-27,32-37H2,1-3H3,(H,61,71)(H,62,69)(H,63,70). The molecule has 0 radical (unpaired) electrons. The minimum Gasteiger partial charge on any atom is -0.495 e. The fraction of sp³-hybridized carbons (Fsp3) is 0.456. The molecular formula is C57H70F2N8O6. The molecule has 16 heteroatoms. The lowest BCUT2D eigenvalue weighted by Gasteiger charge is -2.33. The summed E-state index contributed by atoms with van der Waals surface area (Å²) in [7, 11) is 5.29. The third kappa shape index (κ3) is 14.4. The minimum atomic E-state index is -0.954. The number of carbonyl (C=O) groups excluding carboxylic acids is 3. The number of alkyl halides is 1. The molecule has 3 atom stereocenters. The van der Waals surface area contributed by atoms with Crippen LogP contribution in [0.4, 0.5) is 25.8 Å². The van der Waals surface area contributed by atoms with Gasteiger partial charge in [-0.05, 0) is 104 Å². The number of aliphatic hydroxyl groups excluding tert-OH is 1. The molecule has 3 amide bonds. The summed E-state index contributed by atoms with van der Waals surface area (Å²) in [5.74, 6) is 6.82. The molecule has 6 N–H and O–H groups in total. The van der Waals surface area contributed by atoms with Crippen molar-refractivity contribution in [3.63, 3.8) is 0 Å². The topological polar surface area (TPSA) is 161 Å². The fourth-order valence-corrected chi connectivity index (χ4v) is 9.61. The number of likely N-dealkylation sites (tertiary alicyclic amines) is 1. The molecule has 8 rings (SSSR count). The lowest BCUT2D eigenvalue weighted by atomic mass is 10.0. The number of benzene rings is 4. The van der Waals surface area contributed by atoms with Gasteiger partial charge in [0.1, 0.15) is 30.1 Å². The third-order valence-corrected chi connectivity index (χ3v) is 14.0. The van der Waals surface area contributed by atoms with Gasteiger partial charge in [-0.2, -0.15) is 0 Å². The van der Waals surface area contributed by atoms with Gasteiger partial charge in [0.05, 0.1) is 61.4 Å². The summed E-state index contributed by atoms with van der Waals surface area (Å²) in [4.78, 5) is 41.8. The molecule has 4 aromatic carbocycles. The summed E-state index contributed by atoms with van der Waals surface area (Å²) < 4.78 is 44.2. The van der Waals surface area contributed by atoms with Crippen molar-refractivity contribution in [3.05, 3.63) is 113 Å². The smallest absolute Gasteiger partial charge is 0.254 e. The number of anilines is 3. The molecule has 0 bridgehead atoms. The molecule has 388 valence electrons. The highest BCUT2D eigenvalue weighted by atomic mass is 19.1. The Balaban J connectivity index is 0.717. The van der Waals surface area contributed by atoms with Crippen LogP contribution in [0.3, 0.4) is 0 Å². The summed E-state index contributed by atoms with van der Waals surface area (Å²) in [5, 5.41) is 26.0. The normalized spacial score (nSPS) is 17.9. The first kappa shape index (κ1) is 52.5. The molecule has 1 saturated carbocycles. The second-order valence-corrected chi connectivity index (χ2v) is 19.8. The van der Waals surface area contributed by atoms with E-state index in [9.17, 15) is 23.9 Å². The monoisotopic (exact) mass is 1000 g/mol. The Morgan fingerprint density at radius 3 is 2.49 bits per heavy atom. The van der Waals surface area contributed by atoms with Crippen LogP contribution in [-0.4, -0.2) is 111 Å². The lowest BCUT2D eigenvalue weighted by Crippen LogP contribution is -2.46. The molecule has 2 fully saturated rings. The van der Waals surface area contributed by atoms with Gasteiger partial charge in [-0.15, -0.1) is 0 Å². The number of unbranched alkanes of at least 4 members (excludes halogenated alkanes) is 4. The van der Waals surface area contributed by atoms with Crippen LogP contribution in [-0.2, 0) is 35.7 Å². The summed E-state index contributed by atoms with van der Waals surface area (Å²) in [5.41, 5.74) is 7.02. The predicted molar refractivity (Wildman–Crippen MR) is 282 cm³/mol. The summed E-state index contributed by atoms with van der Waals surface area (Å²) in [6, 6.07) is 24.0. The number of hydrogen-bond acceptors (Lipinski definition) is 10. The summed E-state index contributed by atoms with van der Waals surface area (Å²) in [6.45, 7) is 3.58. The molecule has 3 unspecified atom stereocenters. The van der Waals surface area contributed by atoms with E-state index in [1.807, 2.05) is 78.5 Å². The number of halogens is 2. The van der Waals surface area contributed by atoms with Crippen LogP contribution in [0.2, 0.25) is 0 Å². The zero-order valence-corrected chi connectivity index (χ0v) is 42.3. The Hall–Kier alpha value is -6.83. The summed E-state index contributed by atoms with van der Waals surface area (Å²) in [6.07, 6.45) is 7.23. The van der Waals surface area contributed by atoms with E-state index in [-0.39, 0.29) is 49.2 Å². The SMILES string of the molecule is COc1cc(C(=O)NCCCCCCCC(=O)NCc2ccc(COc3ccc4c(c3)N(C)CC(=O)NC(CO)C4)cc2)c(F)cc1NCC#Cc1cc2c(NC3CCN(C)CC3F)cccc2n1CC1CC1. The largest absolute Gasteiger partial charge is 0.495 e. The van der Waals surface area contributed by atoms with Gasteiger partial charge in [0.25, 0.3) is 5.91 Å². The average Bonchev–Trinajstić information content (AvgIpc) is 4.14. The van der Waals surface area contributed by atoms with Crippen molar-refractivity contribution in [3.8, 4) is 23.3 Å². The van der Waals surface area contributed by atoms with Gasteiger partial charge in [-0.1, -0.05) is 61.6 Å². The van der Waals surface area contributed by atoms with Crippen molar-refractivity contribution >= 4 is 45.7 Å². The number of hydrogen-bond donors (Lipinski definition) is 6. The maximum Gasteiger partial charge on any atom is 0.254 e. The molecular weight excluding hydrogens is 931 g/mol. The van der Waals surface area contributed by atoms with Gasteiger partial charge in [0.15, 0.2) is 0 Å². The number of amides is 3. The van der Waals surface area contributed by atoms with Crippen LogP contribution in [0.5, 0.6) is 11.5 Å². The van der Waals surface area contributed by atoms with Crippen LogP contribution in [0.1, 0.15) is 90.5 Å². The van der Waals surface area contributed by atoms with Gasteiger partial charge in [-0.3, -0.25) is 14.4 Å². The number of nitrogens with zero attached hydrogens (tertiary/aromatic N) is 3. The molecule has 5 aromatic rings. The zero-order chi connectivity index (χ0) is 51.3. The first-order valence-corrected chi connectivity index (χ1v) is 25.8. The Bertz CT molecular complexity index is 2770. The van der Waals surface area contributed by atoms with Crippen molar-refractivity contribution in [1.82, 2.24) is 25.4 Å². The van der Waals surface area contributed by atoms with Gasteiger partial charge in [-0.25, -0.2) is 8.78 Å². The predicted octanol–water partition coefficient (Wildman–Crippen LogP) is 7.55. The van der Waals surface area contributed by atoms with E-state index in [4.69, 9.17) is 9.47 Å². The number of methoxy groups -OCH3 is 1. The highest BCUT2D eigenvalue weighted by molar-refractivity contribution is 5.96. The second-order valence-electron chi connectivity index (χ2n) is 19.8. The lowest BCUT2D eigenvalue weighted by molar-refractivity contribution is -0.122. The number of piperidine rings is 1. The van der Waals surface area contributed by atoms with E-state index in [0.29, 0.717) is 62.2 Å². The number of aromatic nitrogens is 1. The molecule has 2 aliphatic heterocycles. The Morgan fingerprint density at radius 2 is 1.71 bits per heavy atom. The molecule has 3 heterocycles. The van der Waals surface area contributed by atoms with Crippen molar-refractivity contribution in [2.24, 2.45) is 5.92 Å². The van der Waals surface area contributed by atoms with Crippen LogP contribution < -0.4 is 41.0 Å². The zero-order valence-electron chi connectivity index (χ0n) is 42.3. The molecule has 0 spiro atoms. The molecule has 1 aromatic heterocycles. The molecule has 1 aliphatic carbocycles. The van der Waals surface area contributed by atoms with E-state index >= 15 is 4.39 Å². The number of aliphatic hydroxyl groups is 1. The first-order valence-electron chi connectivity index (χ1n) is 25.8. The van der Waals surface area contributed by atoms with Gasteiger partial charge < -0.3 is 55.5 Å². The number of ether oxygens (including phenoxy) is 2. The second kappa shape index (κ2) is 25.2. The van der Waals surface area contributed by atoms with Gasteiger partial charge >= 0.3 is 0 Å². The van der Waals surface area contributed by atoms with E-state index in [1.54, 1.807) is 0 Å². The Kier molecular flexibility index (Phi) is 18.1.